The van der Waals surface area contributed by atoms with Crippen molar-refractivity contribution >= 4 is 11.8 Å². The van der Waals surface area contributed by atoms with E-state index in [0.717, 1.165) is 12.5 Å². The van der Waals surface area contributed by atoms with Crippen molar-refractivity contribution in [1.82, 2.24) is 5.32 Å². The second kappa shape index (κ2) is 7.93. The van der Waals surface area contributed by atoms with Crippen LogP contribution in [0.25, 0.3) is 0 Å². The zero-order valence-corrected chi connectivity index (χ0v) is 9.71. The molecule has 0 radical (unpaired) electrons. The molecule has 2 unspecified atom stereocenters. The molecule has 0 heterocycles. The van der Waals surface area contributed by atoms with Crippen LogP contribution in [0.15, 0.2) is 0 Å². The van der Waals surface area contributed by atoms with Gasteiger partial charge in [0.2, 0.25) is 0 Å². The van der Waals surface area contributed by atoms with Crippen molar-refractivity contribution in [1.29, 1.82) is 0 Å². The Balaban J connectivity index is 3.35. The number of rotatable bonds is 7. The lowest BCUT2D eigenvalue weighted by atomic mass is 10.0. The molecule has 74 valence electrons. The van der Waals surface area contributed by atoms with Gasteiger partial charge in [0.05, 0.1) is 0 Å². The van der Waals surface area contributed by atoms with Gasteiger partial charge in [-0.05, 0) is 37.3 Å². The number of hydrogen-bond donors (Lipinski definition) is 1. The molecule has 0 saturated carbocycles. The third kappa shape index (κ3) is 5.90. The summed E-state index contributed by atoms with van der Waals surface area (Å²) in [6.45, 7) is 10.1. The van der Waals surface area contributed by atoms with Crippen molar-refractivity contribution in [2.24, 2.45) is 5.92 Å². The summed E-state index contributed by atoms with van der Waals surface area (Å²) in [5, 5.41) is 3.46. The first-order chi connectivity index (χ1) is 5.72. The Labute approximate surface area is 81.7 Å². The lowest BCUT2D eigenvalue weighted by Crippen LogP contribution is -2.32. The zero-order chi connectivity index (χ0) is 9.40. The summed E-state index contributed by atoms with van der Waals surface area (Å²) in [5.41, 5.74) is 0. The lowest BCUT2D eigenvalue weighted by molar-refractivity contribution is 0.401. The molecule has 0 bridgehead atoms. The van der Waals surface area contributed by atoms with Gasteiger partial charge in [0.15, 0.2) is 0 Å². The molecule has 0 spiro atoms. The van der Waals surface area contributed by atoms with Gasteiger partial charge < -0.3 is 5.32 Å². The van der Waals surface area contributed by atoms with Gasteiger partial charge in [0.1, 0.15) is 0 Å². The van der Waals surface area contributed by atoms with Crippen molar-refractivity contribution in [3.63, 3.8) is 0 Å². The molecular formula is C10H23NS. The molecule has 1 N–H and O–H groups in total. The van der Waals surface area contributed by atoms with Gasteiger partial charge in [0, 0.05) is 6.04 Å². The van der Waals surface area contributed by atoms with E-state index in [2.05, 4.69) is 33.0 Å². The summed E-state index contributed by atoms with van der Waals surface area (Å²) in [6.07, 6.45) is 1.34. The van der Waals surface area contributed by atoms with Crippen molar-refractivity contribution in [2.45, 2.75) is 40.2 Å². The second-order valence-corrected chi connectivity index (χ2v) is 4.70. The fraction of sp³-hybridized carbons (Fsp3) is 1.00. The molecule has 0 rings (SSSR count). The Hall–Kier alpha value is 0.310. The molecule has 0 aliphatic heterocycles. The molecular weight excluding hydrogens is 166 g/mol. The molecule has 0 aromatic carbocycles. The molecule has 1 nitrogen and oxygen atoms in total. The fourth-order valence-corrected chi connectivity index (χ4v) is 2.01. The topological polar surface area (TPSA) is 12.0 Å². The Morgan fingerprint density at radius 3 is 2.42 bits per heavy atom. The van der Waals surface area contributed by atoms with Crippen LogP contribution in [0.3, 0.4) is 0 Å². The van der Waals surface area contributed by atoms with Gasteiger partial charge in [0.25, 0.3) is 0 Å². The van der Waals surface area contributed by atoms with Crippen LogP contribution in [0.2, 0.25) is 0 Å². The molecule has 0 fully saturated rings. The maximum atomic E-state index is 3.46. The monoisotopic (exact) mass is 189 g/mol. The van der Waals surface area contributed by atoms with Crippen LogP contribution in [0.5, 0.6) is 0 Å². The van der Waals surface area contributed by atoms with Crippen LogP contribution in [-0.2, 0) is 0 Å². The van der Waals surface area contributed by atoms with E-state index in [1.165, 1.54) is 17.9 Å². The van der Waals surface area contributed by atoms with E-state index in [-0.39, 0.29) is 0 Å². The average Bonchev–Trinajstić information content (AvgIpc) is 2.05. The van der Waals surface area contributed by atoms with Gasteiger partial charge in [-0.2, -0.15) is 11.8 Å². The van der Waals surface area contributed by atoms with Gasteiger partial charge >= 0.3 is 0 Å². The SMILES string of the molecule is CCNC(C)C(C)CCSCC. The minimum absolute atomic E-state index is 0.674. The van der Waals surface area contributed by atoms with E-state index >= 15 is 0 Å². The first-order valence-corrected chi connectivity index (χ1v) is 6.18. The highest BCUT2D eigenvalue weighted by atomic mass is 32.2. The first kappa shape index (κ1) is 12.3. The molecule has 2 heteroatoms. The summed E-state index contributed by atoms with van der Waals surface area (Å²) in [6, 6.07) is 0.674. The minimum Gasteiger partial charge on any atom is -0.314 e. The Morgan fingerprint density at radius 1 is 1.25 bits per heavy atom. The van der Waals surface area contributed by atoms with Crippen LogP contribution < -0.4 is 5.32 Å². The lowest BCUT2D eigenvalue weighted by Gasteiger charge is -2.20. The summed E-state index contributed by atoms with van der Waals surface area (Å²) < 4.78 is 0. The van der Waals surface area contributed by atoms with Crippen LogP contribution >= 0.6 is 11.8 Å². The van der Waals surface area contributed by atoms with Crippen molar-refractivity contribution < 1.29 is 0 Å². The summed E-state index contributed by atoms with van der Waals surface area (Å²) in [7, 11) is 0. The van der Waals surface area contributed by atoms with E-state index in [4.69, 9.17) is 0 Å². The van der Waals surface area contributed by atoms with Gasteiger partial charge in [-0.3, -0.25) is 0 Å². The third-order valence-electron chi connectivity index (χ3n) is 2.30. The smallest absolute Gasteiger partial charge is 0.00645 e. The van der Waals surface area contributed by atoms with Crippen molar-refractivity contribution in [2.75, 3.05) is 18.1 Å². The molecule has 0 aliphatic carbocycles. The predicted octanol–water partition coefficient (Wildman–Crippen LogP) is 2.76. The second-order valence-electron chi connectivity index (χ2n) is 3.31. The highest BCUT2D eigenvalue weighted by molar-refractivity contribution is 7.99. The molecule has 0 aromatic heterocycles. The van der Waals surface area contributed by atoms with Gasteiger partial charge in [-0.1, -0.05) is 20.8 Å². The quantitative estimate of drug-likeness (QED) is 0.618. The Kier molecular flexibility index (Phi) is 8.14. The first-order valence-electron chi connectivity index (χ1n) is 5.03. The number of nitrogens with one attached hydrogen (secondary N) is 1. The van der Waals surface area contributed by atoms with Crippen LogP contribution in [0.1, 0.15) is 34.1 Å². The molecule has 12 heavy (non-hydrogen) atoms. The van der Waals surface area contributed by atoms with E-state index in [0.29, 0.717) is 6.04 Å². The summed E-state index contributed by atoms with van der Waals surface area (Å²) in [4.78, 5) is 0. The molecule has 2 atom stereocenters. The third-order valence-corrected chi connectivity index (χ3v) is 3.23. The standard InChI is InChI=1S/C10H23NS/c1-5-11-10(4)9(3)7-8-12-6-2/h9-11H,5-8H2,1-4H3. The average molecular weight is 189 g/mol. The zero-order valence-electron chi connectivity index (χ0n) is 8.89. The highest BCUT2D eigenvalue weighted by Crippen LogP contribution is 2.12. The fourth-order valence-electron chi connectivity index (χ4n) is 1.19. The molecule has 0 aromatic rings. The van der Waals surface area contributed by atoms with E-state index < -0.39 is 0 Å². The molecule has 0 saturated heterocycles. The number of thioether (sulfide) groups is 1. The van der Waals surface area contributed by atoms with Crippen molar-refractivity contribution in [3.8, 4) is 0 Å². The van der Waals surface area contributed by atoms with E-state index in [9.17, 15) is 0 Å². The largest absolute Gasteiger partial charge is 0.314 e. The predicted molar refractivity (Wildman–Crippen MR) is 59.9 cm³/mol. The van der Waals surface area contributed by atoms with Crippen LogP contribution in [-0.4, -0.2) is 24.1 Å². The van der Waals surface area contributed by atoms with E-state index in [1.807, 2.05) is 11.8 Å². The minimum atomic E-state index is 0.674. The maximum absolute atomic E-state index is 3.46. The summed E-state index contributed by atoms with van der Waals surface area (Å²) in [5.74, 6) is 3.37. The van der Waals surface area contributed by atoms with Crippen molar-refractivity contribution in [3.05, 3.63) is 0 Å². The van der Waals surface area contributed by atoms with Crippen LogP contribution in [0, 0.1) is 5.92 Å². The number of hydrogen-bond acceptors (Lipinski definition) is 2. The highest BCUT2D eigenvalue weighted by Gasteiger charge is 2.09. The molecule has 0 amide bonds. The van der Waals surface area contributed by atoms with Gasteiger partial charge in [-0.25, -0.2) is 0 Å². The van der Waals surface area contributed by atoms with Gasteiger partial charge in [-0.15, -0.1) is 0 Å². The Bertz CT molecular complexity index is 95.8. The maximum Gasteiger partial charge on any atom is 0.00645 e. The Morgan fingerprint density at radius 2 is 1.92 bits per heavy atom. The molecule has 0 aliphatic rings. The van der Waals surface area contributed by atoms with E-state index in [1.54, 1.807) is 0 Å². The normalized spacial score (nSPS) is 16.0. The summed E-state index contributed by atoms with van der Waals surface area (Å²) >= 11 is 2.04. The van der Waals surface area contributed by atoms with Crippen LogP contribution in [0.4, 0.5) is 0 Å².